The van der Waals surface area contributed by atoms with E-state index in [0.717, 1.165) is 58.0 Å². The van der Waals surface area contributed by atoms with E-state index in [1.54, 1.807) is 6.92 Å². The molecule has 5 rings (SSSR count). The zero-order chi connectivity index (χ0) is 23.4. The minimum Gasteiger partial charge on any atom is -0.461 e. The summed E-state index contributed by atoms with van der Waals surface area (Å²) in [6.07, 6.45) is 11.4. The predicted octanol–water partition coefficient (Wildman–Crippen LogP) is 5.02. The molecule has 0 aromatic heterocycles. The van der Waals surface area contributed by atoms with E-state index in [1.807, 2.05) is 0 Å². The predicted molar refractivity (Wildman–Crippen MR) is 135 cm³/mol. The van der Waals surface area contributed by atoms with Gasteiger partial charge in [0, 0.05) is 11.8 Å². The molecule has 0 spiro atoms. The van der Waals surface area contributed by atoms with Gasteiger partial charge in [0.15, 0.2) is 0 Å². The number of halogens is 1. The fourth-order valence-electron chi connectivity index (χ4n) is 9.61. The maximum Gasteiger partial charge on any atom is 0.320 e. The molecule has 1 heterocycles. The quantitative estimate of drug-likeness (QED) is 0.554. The summed E-state index contributed by atoms with van der Waals surface area (Å²) in [5.74, 6) is 2.30. The lowest BCUT2D eigenvalue weighted by atomic mass is 9.43. The van der Waals surface area contributed by atoms with Crippen LogP contribution < -0.4 is 0 Å². The van der Waals surface area contributed by atoms with E-state index in [1.165, 1.54) is 25.7 Å². The van der Waals surface area contributed by atoms with Crippen molar-refractivity contribution in [1.29, 1.82) is 0 Å². The summed E-state index contributed by atoms with van der Waals surface area (Å²) in [5, 5.41) is 10.4. The average Bonchev–Trinajstić information content (AvgIpc) is 3.11. The van der Waals surface area contributed by atoms with Gasteiger partial charge in [-0.05, 0) is 113 Å². The second kappa shape index (κ2) is 10.0. The molecular formula is C28H46ClNO4. The number of likely N-dealkylation sites (tertiary alicyclic amines) is 1. The first kappa shape index (κ1) is 26.4. The normalized spacial score (nSPS) is 46.4. The van der Waals surface area contributed by atoms with Crippen LogP contribution in [0.1, 0.15) is 91.4 Å². The van der Waals surface area contributed by atoms with Gasteiger partial charge in [-0.2, -0.15) is 0 Å². The Hall–Kier alpha value is -0.650. The van der Waals surface area contributed by atoms with E-state index < -0.39 is 0 Å². The molecule has 5 aliphatic rings. The number of Topliss-reactive ketones (excluding diaryl/α,β-unsaturated/α-hetero) is 1. The van der Waals surface area contributed by atoms with Crippen LogP contribution in [-0.2, 0) is 14.3 Å². The second-order valence-corrected chi connectivity index (χ2v) is 12.8. The van der Waals surface area contributed by atoms with Crippen molar-refractivity contribution in [3.63, 3.8) is 0 Å². The molecule has 0 radical (unpaired) electrons. The van der Waals surface area contributed by atoms with Crippen LogP contribution in [0.3, 0.4) is 0 Å². The number of ether oxygens (including phenoxy) is 1. The van der Waals surface area contributed by atoms with Crippen LogP contribution in [0.4, 0.5) is 0 Å². The lowest BCUT2D eigenvalue weighted by Crippen LogP contribution is -2.60. The highest BCUT2D eigenvalue weighted by Crippen LogP contribution is 2.68. The highest BCUT2D eigenvalue weighted by molar-refractivity contribution is 5.85. The summed E-state index contributed by atoms with van der Waals surface area (Å²) < 4.78 is 6.45. The highest BCUT2D eigenvalue weighted by atomic mass is 35.5. The van der Waals surface area contributed by atoms with Crippen LogP contribution in [0, 0.1) is 40.4 Å². The van der Waals surface area contributed by atoms with Crippen molar-refractivity contribution < 1.29 is 19.4 Å². The van der Waals surface area contributed by atoms with Gasteiger partial charge in [0.25, 0.3) is 0 Å². The smallest absolute Gasteiger partial charge is 0.320 e. The summed E-state index contributed by atoms with van der Waals surface area (Å²) in [7, 11) is 0. The molecule has 0 bridgehead atoms. The number of hydrogen-bond donors (Lipinski definition) is 1. The van der Waals surface area contributed by atoms with Gasteiger partial charge >= 0.3 is 5.97 Å². The minimum atomic E-state index is -0.179. The van der Waals surface area contributed by atoms with E-state index in [9.17, 15) is 14.7 Å². The Morgan fingerprint density at radius 3 is 2.44 bits per heavy atom. The summed E-state index contributed by atoms with van der Waals surface area (Å²) >= 11 is 0. The molecule has 0 amide bonds. The third-order valence-electron chi connectivity index (χ3n) is 11.1. The van der Waals surface area contributed by atoms with E-state index in [0.29, 0.717) is 36.0 Å². The monoisotopic (exact) mass is 495 g/mol. The number of esters is 1. The zero-order valence-corrected chi connectivity index (χ0v) is 22.3. The molecule has 6 heteroatoms. The Morgan fingerprint density at radius 1 is 1.00 bits per heavy atom. The van der Waals surface area contributed by atoms with Gasteiger partial charge in [0.05, 0.1) is 12.6 Å². The Labute approximate surface area is 212 Å². The molecule has 5 fully saturated rings. The fraction of sp³-hybridized carbons (Fsp3) is 0.929. The molecule has 194 valence electrons. The molecule has 9 atom stereocenters. The van der Waals surface area contributed by atoms with Gasteiger partial charge in [-0.1, -0.05) is 20.3 Å². The van der Waals surface area contributed by atoms with Crippen molar-refractivity contribution in [1.82, 2.24) is 4.90 Å². The molecular weight excluding hydrogens is 450 g/mol. The number of carbonyl (C=O) groups is 2. The number of fused-ring (bicyclic) bond motifs is 5. The summed E-state index contributed by atoms with van der Waals surface area (Å²) in [6, 6.07) is 0. The summed E-state index contributed by atoms with van der Waals surface area (Å²) in [4.78, 5) is 28.1. The maximum atomic E-state index is 13.2. The van der Waals surface area contributed by atoms with Crippen molar-refractivity contribution in [3.8, 4) is 0 Å². The SMILES string of the molecule is CC(=O)[C@H]1CC[C@H]2[C@@H]3CC[C@H]4C[C@H](O)CC[C@]4(C)[C@H]3[C@@H](OC(=O)CN3CCCCC3)C[C@]12C.Cl. The molecule has 1 saturated heterocycles. The summed E-state index contributed by atoms with van der Waals surface area (Å²) in [5.41, 5.74) is 0.0638. The van der Waals surface area contributed by atoms with Crippen LogP contribution in [0.2, 0.25) is 0 Å². The van der Waals surface area contributed by atoms with Crippen LogP contribution in [0.5, 0.6) is 0 Å². The third kappa shape index (κ3) is 4.47. The number of hydrogen-bond acceptors (Lipinski definition) is 5. The standard InChI is InChI=1S/C28H45NO4.ClH/c1-18(30)22-9-10-23-21-8-7-19-15-20(31)11-12-27(19,2)26(21)24(16-28(22,23)3)33-25(32)17-29-13-5-4-6-14-29;/h19-24,26,31H,4-17H2,1-3H3;1H/t19-,20+,21-,22+,23-,24-,26+,27-,28+;/m0./s1. The van der Waals surface area contributed by atoms with Crippen molar-refractivity contribution in [2.45, 2.75) is 104 Å². The van der Waals surface area contributed by atoms with Crippen molar-refractivity contribution in [2.24, 2.45) is 40.4 Å². The van der Waals surface area contributed by atoms with Gasteiger partial charge in [-0.15, -0.1) is 12.4 Å². The number of ketones is 1. The topological polar surface area (TPSA) is 66.8 Å². The van der Waals surface area contributed by atoms with Crippen LogP contribution in [0.25, 0.3) is 0 Å². The van der Waals surface area contributed by atoms with E-state index in [2.05, 4.69) is 18.7 Å². The molecule has 4 aliphatic carbocycles. The van der Waals surface area contributed by atoms with Gasteiger partial charge in [0.2, 0.25) is 0 Å². The third-order valence-corrected chi connectivity index (χ3v) is 11.1. The Balaban J connectivity index is 0.00000274. The molecule has 0 aromatic carbocycles. The number of aliphatic hydroxyl groups is 1. The second-order valence-electron chi connectivity index (χ2n) is 12.8. The van der Waals surface area contributed by atoms with Crippen LogP contribution in [0.15, 0.2) is 0 Å². The zero-order valence-electron chi connectivity index (χ0n) is 21.5. The average molecular weight is 496 g/mol. The van der Waals surface area contributed by atoms with Gasteiger partial charge < -0.3 is 9.84 Å². The lowest BCUT2D eigenvalue weighted by Gasteiger charge is -2.62. The number of piperidine rings is 1. The largest absolute Gasteiger partial charge is 0.461 e. The molecule has 34 heavy (non-hydrogen) atoms. The summed E-state index contributed by atoms with van der Waals surface area (Å²) in [6.45, 7) is 8.93. The molecule has 1 aliphatic heterocycles. The molecule has 5 nitrogen and oxygen atoms in total. The van der Waals surface area contributed by atoms with Gasteiger partial charge in [0.1, 0.15) is 11.9 Å². The van der Waals surface area contributed by atoms with Crippen LogP contribution >= 0.6 is 12.4 Å². The Kier molecular flexibility index (Phi) is 7.78. The highest BCUT2D eigenvalue weighted by Gasteiger charge is 2.64. The molecule has 1 N–H and O–H groups in total. The fourth-order valence-corrected chi connectivity index (χ4v) is 9.61. The first-order valence-electron chi connectivity index (χ1n) is 13.8. The van der Waals surface area contributed by atoms with Crippen molar-refractivity contribution >= 4 is 24.2 Å². The first-order chi connectivity index (χ1) is 15.7. The first-order valence-corrected chi connectivity index (χ1v) is 13.8. The molecule has 0 unspecified atom stereocenters. The number of rotatable bonds is 4. The minimum absolute atomic E-state index is 0. The van der Waals surface area contributed by atoms with E-state index in [-0.39, 0.29) is 47.3 Å². The number of nitrogens with zero attached hydrogens (tertiary/aromatic N) is 1. The Bertz CT molecular complexity index is 770. The van der Waals surface area contributed by atoms with Crippen molar-refractivity contribution in [2.75, 3.05) is 19.6 Å². The van der Waals surface area contributed by atoms with Crippen molar-refractivity contribution in [3.05, 3.63) is 0 Å². The van der Waals surface area contributed by atoms with Gasteiger partial charge in [-0.25, -0.2) is 0 Å². The van der Waals surface area contributed by atoms with E-state index in [4.69, 9.17) is 4.74 Å². The van der Waals surface area contributed by atoms with E-state index >= 15 is 0 Å². The van der Waals surface area contributed by atoms with Gasteiger partial charge in [-0.3, -0.25) is 14.5 Å². The lowest BCUT2D eigenvalue weighted by molar-refractivity contribution is -0.199. The van der Waals surface area contributed by atoms with Crippen LogP contribution in [-0.4, -0.2) is 53.6 Å². The Morgan fingerprint density at radius 2 is 1.74 bits per heavy atom. The molecule has 4 saturated carbocycles. The number of aliphatic hydroxyl groups excluding tert-OH is 1. The maximum absolute atomic E-state index is 13.2. The number of carbonyl (C=O) groups excluding carboxylic acids is 2. The molecule has 0 aromatic rings.